The average Bonchev–Trinajstić information content (AvgIpc) is 3.05. The van der Waals surface area contributed by atoms with Crippen molar-refractivity contribution in [1.29, 1.82) is 5.26 Å². The quantitative estimate of drug-likeness (QED) is 0.649. The molecule has 1 unspecified atom stereocenters. The Balaban J connectivity index is 1.68. The third-order valence-corrected chi connectivity index (χ3v) is 4.37. The minimum absolute atomic E-state index is 0.00472. The summed E-state index contributed by atoms with van der Waals surface area (Å²) in [4.78, 5) is 36.6. The normalized spacial score (nSPS) is 11.7. The summed E-state index contributed by atoms with van der Waals surface area (Å²) in [5.41, 5.74) is 1.94. The molecular weight excluding hydrogens is 340 g/mol. The highest BCUT2D eigenvalue weighted by atomic mass is 32.1. The number of Topliss-reactive ketones (excluding diaryl/α,β-unsaturated/α-hetero) is 1. The van der Waals surface area contributed by atoms with E-state index >= 15 is 0 Å². The lowest BCUT2D eigenvalue weighted by Crippen LogP contribution is -2.20. The van der Waals surface area contributed by atoms with Crippen LogP contribution in [0, 0.1) is 18.3 Å². The molecule has 2 aromatic heterocycles. The first-order chi connectivity index (χ1) is 12.1. The summed E-state index contributed by atoms with van der Waals surface area (Å²) in [5.74, 6) is -2.34. The molecule has 25 heavy (non-hydrogen) atoms. The number of aryl methyl sites for hydroxylation is 1. The number of nitrogens with zero attached hydrogens (tertiary/aromatic N) is 4. The summed E-state index contributed by atoms with van der Waals surface area (Å²) in [6, 6.07) is 8.99. The van der Waals surface area contributed by atoms with E-state index in [1.165, 1.54) is 17.5 Å². The number of hydrogen-bond acceptors (Lipinski definition) is 8. The smallest absolute Gasteiger partial charge is 0.359 e. The van der Waals surface area contributed by atoms with Gasteiger partial charge in [0.05, 0.1) is 23.3 Å². The number of benzene rings is 1. The van der Waals surface area contributed by atoms with Gasteiger partial charge in [-0.2, -0.15) is 5.26 Å². The van der Waals surface area contributed by atoms with Crippen molar-refractivity contribution in [2.75, 3.05) is 6.61 Å². The third kappa shape index (κ3) is 3.67. The monoisotopic (exact) mass is 352 g/mol. The van der Waals surface area contributed by atoms with Crippen LogP contribution in [0.5, 0.6) is 0 Å². The zero-order chi connectivity index (χ0) is 17.8. The van der Waals surface area contributed by atoms with Gasteiger partial charge in [-0.05, 0) is 19.1 Å². The van der Waals surface area contributed by atoms with Crippen molar-refractivity contribution in [2.24, 2.45) is 0 Å². The van der Waals surface area contributed by atoms with Crippen molar-refractivity contribution >= 4 is 34.1 Å². The van der Waals surface area contributed by atoms with Crippen LogP contribution in [0.4, 0.5) is 0 Å². The summed E-state index contributed by atoms with van der Waals surface area (Å²) in [6.07, 6.45) is 1.29. The topological polar surface area (TPSA) is 106 Å². The highest BCUT2D eigenvalue weighted by molar-refractivity contribution is 7.09. The molecule has 1 aromatic carbocycles. The molecule has 0 N–H and O–H groups in total. The van der Waals surface area contributed by atoms with Crippen LogP contribution in [-0.4, -0.2) is 33.3 Å². The van der Waals surface area contributed by atoms with Gasteiger partial charge in [0.2, 0.25) is 0 Å². The number of fused-ring (bicyclic) bond motifs is 1. The fourth-order valence-corrected chi connectivity index (χ4v) is 2.98. The molecule has 1 atom stereocenters. The number of para-hydroxylation sites is 2. The highest BCUT2D eigenvalue weighted by Gasteiger charge is 2.25. The van der Waals surface area contributed by atoms with E-state index in [0.717, 1.165) is 5.69 Å². The predicted octanol–water partition coefficient (Wildman–Crippen LogP) is 2.43. The molecule has 124 valence electrons. The number of nitriles is 1. The van der Waals surface area contributed by atoms with Crippen molar-refractivity contribution in [3.05, 3.63) is 52.2 Å². The minimum atomic E-state index is -1.05. The summed E-state index contributed by atoms with van der Waals surface area (Å²) < 4.78 is 4.98. The number of ketones is 1. The second kappa shape index (κ2) is 7.15. The van der Waals surface area contributed by atoms with E-state index in [2.05, 4.69) is 15.0 Å². The summed E-state index contributed by atoms with van der Waals surface area (Å²) >= 11 is 1.23. The zero-order valence-electron chi connectivity index (χ0n) is 13.2. The predicted molar refractivity (Wildman–Crippen MR) is 90.0 cm³/mol. The number of ether oxygens (including phenoxy) is 1. The molecular formula is C17H12N4O3S. The Morgan fingerprint density at radius 1 is 1.28 bits per heavy atom. The van der Waals surface area contributed by atoms with Crippen LogP contribution >= 0.6 is 11.3 Å². The van der Waals surface area contributed by atoms with Gasteiger partial charge in [0.1, 0.15) is 5.01 Å². The molecule has 0 aliphatic carbocycles. The van der Waals surface area contributed by atoms with Gasteiger partial charge in [-0.1, -0.05) is 12.1 Å². The fraction of sp³-hybridized carbons (Fsp3) is 0.176. The maximum Gasteiger partial charge on any atom is 0.359 e. The highest BCUT2D eigenvalue weighted by Crippen LogP contribution is 2.21. The Morgan fingerprint density at radius 3 is 2.72 bits per heavy atom. The van der Waals surface area contributed by atoms with Crippen LogP contribution in [0.25, 0.3) is 11.0 Å². The van der Waals surface area contributed by atoms with E-state index in [-0.39, 0.29) is 5.69 Å². The first-order valence-corrected chi connectivity index (χ1v) is 8.19. The molecule has 8 heteroatoms. The van der Waals surface area contributed by atoms with Gasteiger partial charge in [0.25, 0.3) is 0 Å². The van der Waals surface area contributed by atoms with Gasteiger partial charge in [0, 0.05) is 11.1 Å². The molecule has 0 saturated heterocycles. The molecule has 0 saturated carbocycles. The lowest BCUT2D eigenvalue weighted by atomic mass is 10.1. The van der Waals surface area contributed by atoms with Crippen LogP contribution in [0.2, 0.25) is 0 Å². The minimum Gasteiger partial charge on any atom is -0.453 e. The Hall–Kier alpha value is -3.18. The number of carbonyl (C=O) groups is 2. The second-order valence-corrected chi connectivity index (χ2v) is 6.07. The molecule has 0 bridgehead atoms. The van der Waals surface area contributed by atoms with Crippen LogP contribution in [0.15, 0.2) is 35.8 Å². The molecule has 3 aromatic rings. The number of thiazole rings is 1. The molecule has 0 amide bonds. The zero-order valence-corrected chi connectivity index (χ0v) is 14.0. The Morgan fingerprint density at radius 2 is 2.04 bits per heavy atom. The van der Waals surface area contributed by atoms with Gasteiger partial charge in [-0.25, -0.2) is 14.8 Å². The Bertz CT molecular complexity index is 993. The van der Waals surface area contributed by atoms with Crippen molar-refractivity contribution in [3.8, 4) is 6.07 Å². The van der Waals surface area contributed by atoms with E-state index in [0.29, 0.717) is 16.0 Å². The maximum atomic E-state index is 12.2. The van der Waals surface area contributed by atoms with Crippen molar-refractivity contribution in [2.45, 2.75) is 12.8 Å². The molecule has 0 fully saturated rings. The van der Waals surface area contributed by atoms with Crippen LogP contribution in [0.1, 0.15) is 27.1 Å². The largest absolute Gasteiger partial charge is 0.453 e. The van der Waals surface area contributed by atoms with Crippen molar-refractivity contribution < 1.29 is 14.3 Å². The van der Waals surface area contributed by atoms with Crippen molar-refractivity contribution in [1.82, 2.24) is 15.0 Å². The SMILES string of the molecule is Cc1csc(C(C#N)C(=O)COC(=O)c2cnc3ccccc3n2)n1. The average molecular weight is 352 g/mol. The summed E-state index contributed by atoms with van der Waals surface area (Å²) in [5, 5.41) is 11.3. The van der Waals surface area contributed by atoms with Crippen LogP contribution in [0.3, 0.4) is 0 Å². The van der Waals surface area contributed by atoms with Gasteiger partial charge in [-0.15, -0.1) is 11.3 Å². The third-order valence-electron chi connectivity index (χ3n) is 3.34. The van der Waals surface area contributed by atoms with Crippen LogP contribution in [-0.2, 0) is 9.53 Å². The van der Waals surface area contributed by atoms with E-state index < -0.39 is 24.3 Å². The van der Waals surface area contributed by atoms with Crippen molar-refractivity contribution in [3.63, 3.8) is 0 Å². The number of esters is 1. The fourth-order valence-electron chi connectivity index (χ4n) is 2.12. The van der Waals surface area contributed by atoms with E-state index in [4.69, 9.17) is 4.74 Å². The lowest BCUT2D eigenvalue weighted by molar-refractivity contribution is -0.122. The van der Waals surface area contributed by atoms with E-state index in [9.17, 15) is 14.9 Å². The number of hydrogen-bond donors (Lipinski definition) is 0. The number of aromatic nitrogens is 3. The van der Waals surface area contributed by atoms with E-state index in [1.54, 1.807) is 30.5 Å². The summed E-state index contributed by atoms with van der Waals surface area (Å²) in [6.45, 7) is 1.25. The maximum absolute atomic E-state index is 12.2. The van der Waals surface area contributed by atoms with Gasteiger partial charge in [0.15, 0.2) is 24.0 Å². The lowest BCUT2D eigenvalue weighted by Gasteiger charge is -2.07. The summed E-state index contributed by atoms with van der Waals surface area (Å²) in [7, 11) is 0. The molecule has 3 rings (SSSR count). The number of rotatable bonds is 5. The Kier molecular flexibility index (Phi) is 4.77. The van der Waals surface area contributed by atoms with E-state index in [1.807, 2.05) is 12.1 Å². The molecule has 0 spiro atoms. The molecule has 7 nitrogen and oxygen atoms in total. The second-order valence-electron chi connectivity index (χ2n) is 5.18. The molecule has 0 radical (unpaired) electrons. The van der Waals surface area contributed by atoms with Crippen LogP contribution < -0.4 is 0 Å². The first kappa shape index (κ1) is 16.7. The molecule has 0 aliphatic heterocycles. The molecule has 2 heterocycles. The molecule has 0 aliphatic rings. The van der Waals surface area contributed by atoms with Gasteiger partial charge >= 0.3 is 5.97 Å². The first-order valence-electron chi connectivity index (χ1n) is 7.31. The standard InChI is InChI=1S/C17H12N4O3S/c1-10-9-25-16(20-10)11(6-18)15(22)8-24-17(23)14-7-19-12-4-2-3-5-13(12)21-14/h2-5,7,9,11H,8H2,1H3. The van der Waals surface area contributed by atoms with Gasteiger partial charge in [-0.3, -0.25) is 9.78 Å². The Labute approximate surface area is 146 Å². The number of carbonyl (C=O) groups excluding carboxylic acids is 2. The van der Waals surface area contributed by atoms with Gasteiger partial charge < -0.3 is 4.74 Å².